The van der Waals surface area contributed by atoms with Crippen LogP contribution in [0.15, 0.2) is 36.4 Å². The molecule has 0 unspecified atom stereocenters. The number of pyridine rings is 1. The number of H-pyrrole nitrogens is 2. The Morgan fingerprint density at radius 3 is 2.26 bits per heavy atom. The van der Waals surface area contributed by atoms with Crippen LogP contribution in [0.5, 0.6) is 0 Å². The molecular weight excluding hydrogens is 554 g/mol. The molecule has 12 heteroatoms. The number of carbonyl (C=O) groups excluding carboxylic acids is 2. The minimum Gasteiger partial charge on any atom is -0.394 e. The lowest BCUT2D eigenvalue weighted by Gasteiger charge is -2.39. The molecule has 2 aliphatic heterocycles. The number of ether oxygens (including phenoxy) is 1. The molecule has 5 atom stereocenters. The van der Waals surface area contributed by atoms with Crippen LogP contribution in [0.1, 0.15) is 46.4 Å². The van der Waals surface area contributed by atoms with Crippen molar-refractivity contribution in [3.8, 4) is 0 Å². The number of aromatic amines is 2. The van der Waals surface area contributed by atoms with Gasteiger partial charge < -0.3 is 40.0 Å². The molecule has 5 aromatic rings. The third kappa shape index (κ3) is 4.02. The highest BCUT2D eigenvalue weighted by Gasteiger charge is 2.45. The highest BCUT2D eigenvalue weighted by Crippen LogP contribution is 2.44. The second-order valence-corrected chi connectivity index (χ2v) is 11.2. The first kappa shape index (κ1) is 27.9. The van der Waals surface area contributed by atoms with E-state index >= 15 is 0 Å². The molecule has 7 rings (SSSR count). The lowest BCUT2D eigenvalue weighted by Crippen LogP contribution is -2.55. The summed E-state index contributed by atoms with van der Waals surface area (Å²) in [4.78, 5) is 43.0. The molecule has 224 valence electrons. The van der Waals surface area contributed by atoms with Crippen LogP contribution in [-0.2, 0) is 4.74 Å². The molecule has 2 aliphatic rings. The van der Waals surface area contributed by atoms with Crippen molar-refractivity contribution in [1.29, 1.82) is 0 Å². The Balaban J connectivity index is 1.43. The van der Waals surface area contributed by atoms with Crippen LogP contribution >= 0.6 is 0 Å². The molecule has 0 radical (unpaired) electrons. The van der Waals surface area contributed by atoms with E-state index in [1.807, 2.05) is 38.1 Å². The van der Waals surface area contributed by atoms with E-state index in [0.29, 0.717) is 50.5 Å². The molecule has 5 heterocycles. The van der Waals surface area contributed by atoms with Crippen molar-refractivity contribution in [3.05, 3.63) is 53.2 Å². The quantitative estimate of drug-likeness (QED) is 0.155. The van der Waals surface area contributed by atoms with Crippen LogP contribution in [0.2, 0.25) is 0 Å². The van der Waals surface area contributed by atoms with E-state index in [4.69, 9.17) is 9.72 Å². The smallest absolute Gasteiger partial charge is 0.262 e. The highest BCUT2D eigenvalue weighted by molar-refractivity contribution is 6.38. The summed E-state index contributed by atoms with van der Waals surface area (Å²) in [5.74, 6) is -0.688. The number of para-hydroxylation sites is 1. The van der Waals surface area contributed by atoms with Gasteiger partial charge in [0.25, 0.3) is 11.8 Å². The minimum atomic E-state index is -1.55. The number of aliphatic hydroxyl groups excluding tert-OH is 4. The van der Waals surface area contributed by atoms with E-state index in [0.717, 1.165) is 24.0 Å². The molecule has 1 saturated heterocycles. The van der Waals surface area contributed by atoms with Gasteiger partial charge in [0.05, 0.1) is 34.5 Å². The fourth-order valence-electron chi connectivity index (χ4n) is 6.65. The molecule has 0 saturated carbocycles. The number of amides is 2. The minimum absolute atomic E-state index is 0.265. The predicted octanol–water partition coefficient (Wildman–Crippen LogP) is 1.80. The maximum absolute atomic E-state index is 14.1. The van der Waals surface area contributed by atoms with Gasteiger partial charge in [-0.3, -0.25) is 14.5 Å². The summed E-state index contributed by atoms with van der Waals surface area (Å²) in [6, 6.07) is 11.0. The summed E-state index contributed by atoms with van der Waals surface area (Å²) < 4.78 is 5.73. The Morgan fingerprint density at radius 1 is 0.884 bits per heavy atom. The number of benzene rings is 2. The van der Waals surface area contributed by atoms with E-state index in [-0.39, 0.29) is 24.1 Å². The number of aliphatic hydroxyl groups is 4. The zero-order chi connectivity index (χ0) is 30.2. The van der Waals surface area contributed by atoms with Gasteiger partial charge in [0.2, 0.25) is 0 Å². The Morgan fingerprint density at radius 2 is 1.56 bits per heavy atom. The van der Waals surface area contributed by atoms with Crippen LogP contribution in [0.4, 0.5) is 0 Å². The molecule has 0 bridgehead atoms. The molecule has 2 amide bonds. The van der Waals surface area contributed by atoms with Gasteiger partial charge in [-0.2, -0.15) is 0 Å². The van der Waals surface area contributed by atoms with Gasteiger partial charge in [-0.1, -0.05) is 32.0 Å². The average Bonchev–Trinajstić information content (AvgIpc) is 3.66. The third-order valence-corrected chi connectivity index (χ3v) is 9.02. The topological polar surface area (TPSA) is 175 Å². The Kier molecular flexibility index (Phi) is 6.73. The first-order valence-corrected chi connectivity index (χ1v) is 14.6. The standard InChI is InChI=1S/C31H33N5O7/c1-3-35(4-2)11-12-36-30(41)21-19-14-7-5-6-8-16(14)32-23(19)24-20(22(21)31(36)42)15-9-10-17(33-29(15)34-24)28-27(40)26(39)25(38)18(13-37)43-28/h5-10,18,25-28,32,37-40H,3-4,11-13H2,1-2H3,(H,33,34)/t18-,25-,26+,27-,28+/m1/s1. The maximum Gasteiger partial charge on any atom is 0.262 e. The number of nitrogens with zero attached hydrogens (tertiary/aromatic N) is 3. The van der Waals surface area contributed by atoms with Crippen molar-refractivity contribution in [2.24, 2.45) is 0 Å². The summed E-state index contributed by atoms with van der Waals surface area (Å²) in [7, 11) is 0. The summed E-state index contributed by atoms with van der Waals surface area (Å²) in [6.07, 6.45) is -6.72. The van der Waals surface area contributed by atoms with Gasteiger partial charge in [-0.25, -0.2) is 4.98 Å². The van der Waals surface area contributed by atoms with Crippen molar-refractivity contribution in [3.63, 3.8) is 0 Å². The van der Waals surface area contributed by atoms with E-state index in [9.17, 15) is 30.0 Å². The molecule has 12 nitrogen and oxygen atoms in total. The number of rotatable bonds is 7. The van der Waals surface area contributed by atoms with Crippen LogP contribution < -0.4 is 0 Å². The van der Waals surface area contributed by atoms with Crippen molar-refractivity contribution in [1.82, 2.24) is 24.8 Å². The van der Waals surface area contributed by atoms with Crippen molar-refractivity contribution in [2.45, 2.75) is 44.4 Å². The number of nitrogens with one attached hydrogen (secondary N) is 2. The van der Waals surface area contributed by atoms with Crippen LogP contribution in [0, 0.1) is 0 Å². The Bertz CT molecular complexity index is 1910. The number of hydrogen-bond acceptors (Lipinski definition) is 9. The van der Waals surface area contributed by atoms with Crippen molar-refractivity contribution in [2.75, 3.05) is 32.8 Å². The number of fused-ring (bicyclic) bond motifs is 10. The maximum atomic E-state index is 14.1. The number of hydrogen-bond donors (Lipinski definition) is 6. The van der Waals surface area contributed by atoms with E-state index in [1.165, 1.54) is 4.90 Å². The molecule has 0 spiro atoms. The fourth-order valence-corrected chi connectivity index (χ4v) is 6.65. The molecule has 3 aromatic heterocycles. The van der Waals surface area contributed by atoms with Crippen molar-refractivity contribution >= 4 is 55.6 Å². The van der Waals surface area contributed by atoms with E-state index in [1.54, 1.807) is 12.1 Å². The van der Waals surface area contributed by atoms with Crippen LogP contribution in [0.25, 0.3) is 43.7 Å². The zero-order valence-corrected chi connectivity index (χ0v) is 23.7. The summed E-state index contributed by atoms with van der Waals surface area (Å²) >= 11 is 0. The normalized spacial score (nSPS) is 24.4. The molecular formula is C31H33N5O7. The largest absolute Gasteiger partial charge is 0.394 e. The van der Waals surface area contributed by atoms with Gasteiger partial charge in [0.1, 0.15) is 36.2 Å². The molecule has 43 heavy (non-hydrogen) atoms. The number of imide groups is 1. The molecule has 0 aliphatic carbocycles. The van der Waals surface area contributed by atoms with E-state index in [2.05, 4.69) is 14.9 Å². The summed E-state index contributed by atoms with van der Waals surface area (Å²) in [6.45, 7) is 5.98. The third-order valence-electron chi connectivity index (χ3n) is 9.02. The van der Waals surface area contributed by atoms with Crippen LogP contribution in [-0.4, -0.2) is 114 Å². The Labute approximate surface area is 245 Å². The number of carbonyl (C=O) groups is 2. The molecule has 6 N–H and O–H groups in total. The average molecular weight is 588 g/mol. The molecule has 1 fully saturated rings. The Hall–Kier alpha value is -3.91. The predicted molar refractivity (Wildman–Crippen MR) is 159 cm³/mol. The summed E-state index contributed by atoms with van der Waals surface area (Å²) in [5.41, 5.74) is 3.46. The van der Waals surface area contributed by atoms with Gasteiger partial charge in [0.15, 0.2) is 0 Å². The fraction of sp³-hybridized carbons (Fsp3) is 0.387. The second-order valence-electron chi connectivity index (χ2n) is 11.2. The SMILES string of the molecule is CCN(CC)CCN1C(=O)c2c(c3c4ccc([C@@H]5O[C@H](CO)[C@@H](O)[C@H](O)[C@H]5O)nc4[nH]c3c3[nH]c4ccccc4c23)C1=O. The van der Waals surface area contributed by atoms with E-state index < -0.39 is 37.1 Å². The van der Waals surface area contributed by atoms with Crippen LogP contribution in [0.3, 0.4) is 0 Å². The first-order chi connectivity index (χ1) is 20.8. The highest BCUT2D eigenvalue weighted by atomic mass is 16.5. The zero-order valence-electron chi connectivity index (χ0n) is 23.7. The van der Waals surface area contributed by atoms with Gasteiger partial charge in [-0.15, -0.1) is 0 Å². The van der Waals surface area contributed by atoms with Crippen molar-refractivity contribution < 1.29 is 34.8 Å². The first-order valence-electron chi connectivity index (χ1n) is 14.6. The lowest BCUT2D eigenvalue weighted by molar-refractivity contribution is -0.232. The number of aromatic nitrogens is 3. The molecule has 2 aromatic carbocycles. The van der Waals surface area contributed by atoms with Gasteiger partial charge >= 0.3 is 0 Å². The van der Waals surface area contributed by atoms with Gasteiger partial charge in [0, 0.05) is 40.2 Å². The second kappa shape index (κ2) is 10.4. The lowest BCUT2D eigenvalue weighted by atomic mass is 9.93. The number of likely N-dealkylation sites (N-methyl/N-ethyl adjacent to an activating group) is 1. The monoisotopic (exact) mass is 587 g/mol. The van der Waals surface area contributed by atoms with Gasteiger partial charge in [-0.05, 0) is 31.3 Å². The summed E-state index contributed by atoms with van der Waals surface area (Å²) in [5, 5.41) is 43.5.